The molecule has 1 saturated heterocycles. The van der Waals surface area contributed by atoms with E-state index >= 15 is 0 Å². The molecule has 0 bridgehead atoms. The van der Waals surface area contributed by atoms with Gasteiger partial charge in [0.05, 0.1) is 12.9 Å². The molecule has 15 heavy (non-hydrogen) atoms. The maximum absolute atomic E-state index is 11.3. The molecule has 0 unspecified atom stereocenters. The van der Waals surface area contributed by atoms with Crippen LogP contribution in [0.3, 0.4) is 0 Å². The van der Waals surface area contributed by atoms with Crippen LogP contribution in [0.1, 0.15) is 0 Å². The minimum atomic E-state index is -0.174. The Morgan fingerprint density at radius 3 is 3.00 bits per heavy atom. The van der Waals surface area contributed by atoms with E-state index in [1.54, 1.807) is 4.90 Å². The largest absolute Gasteiger partial charge is 0.353 e. The fourth-order valence-electron chi connectivity index (χ4n) is 1.41. The van der Waals surface area contributed by atoms with E-state index in [9.17, 15) is 9.59 Å². The minimum Gasteiger partial charge on any atom is -0.353 e. The number of hydrogen-bond donors (Lipinski definition) is 2. The van der Waals surface area contributed by atoms with Gasteiger partial charge in [0, 0.05) is 13.1 Å². The summed E-state index contributed by atoms with van der Waals surface area (Å²) < 4.78 is 0.518. The Kier molecular flexibility index (Phi) is 2.89. The lowest BCUT2D eigenvalue weighted by Crippen LogP contribution is -2.48. The number of H-pyrrole nitrogens is 1. The van der Waals surface area contributed by atoms with Crippen molar-refractivity contribution < 1.29 is 4.79 Å². The number of piperazine rings is 1. The zero-order valence-electron chi connectivity index (χ0n) is 7.79. The number of anilines is 1. The number of rotatable bonds is 1. The summed E-state index contributed by atoms with van der Waals surface area (Å²) in [5, 5.41) is 2.72. The molecule has 1 aromatic heterocycles. The van der Waals surface area contributed by atoms with E-state index in [-0.39, 0.29) is 18.0 Å². The molecule has 1 amide bonds. The molecule has 2 N–H and O–H groups in total. The van der Waals surface area contributed by atoms with Crippen LogP contribution < -0.4 is 15.8 Å². The summed E-state index contributed by atoms with van der Waals surface area (Å²) in [5.41, 5.74) is -0.174. The first-order chi connectivity index (χ1) is 7.18. The van der Waals surface area contributed by atoms with Crippen molar-refractivity contribution in [2.24, 2.45) is 0 Å². The van der Waals surface area contributed by atoms with Crippen molar-refractivity contribution in [3.05, 3.63) is 20.3 Å². The molecule has 2 heterocycles. The maximum atomic E-state index is 11.3. The second-order valence-corrected chi connectivity index (χ2v) is 4.22. The Hall–Kier alpha value is -1.12. The lowest BCUT2D eigenvalue weighted by Gasteiger charge is -2.27. The van der Waals surface area contributed by atoms with Crippen molar-refractivity contribution >= 4 is 34.3 Å². The van der Waals surface area contributed by atoms with Crippen LogP contribution in [0.2, 0.25) is 0 Å². The van der Waals surface area contributed by atoms with Gasteiger partial charge in [-0.15, -0.1) is 0 Å². The first-order valence-corrected chi connectivity index (χ1v) is 5.51. The van der Waals surface area contributed by atoms with E-state index in [2.05, 4.69) is 15.3 Å². The molecule has 0 aromatic carbocycles. The number of halogens is 1. The number of aromatic amines is 1. The van der Waals surface area contributed by atoms with E-state index in [1.165, 1.54) is 6.33 Å². The molecule has 1 aromatic rings. The summed E-state index contributed by atoms with van der Waals surface area (Å²) in [6, 6.07) is 0. The van der Waals surface area contributed by atoms with Crippen LogP contribution in [0.4, 0.5) is 5.82 Å². The molecular weight excluding hydrogens is 311 g/mol. The summed E-state index contributed by atoms with van der Waals surface area (Å²) in [4.78, 5) is 30.9. The standard InChI is InChI=1S/C8H9IN4O2/c9-6-7(11-4-12-8(6)15)13-2-1-10-5(14)3-13/h4H,1-3H2,(H,10,14)(H,11,12,15). The lowest BCUT2D eigenvalue weighted by atomic mass is 10.3. The summed E-state index contributed by atoms with van der Waals surface area (Å²) in [7, 11) is 0. The normalized spacial score (nSPS) is 16.3. The zero-order chi connectivity index (χ0) is 10.8. The Bertz CT molecular complexity index is 445. The van der Waals surface area contributed by atoms with Crippen molar-refractivity contribution in [3.63, 3.8) is 0 Å². The van der Waals surface area contributed by atoms with Gasteiger partial charge < -0.3 is 15.2 Å². The molecule has 0 radical (unpaired) electrons. The number of carbonyl (C=O) groups is 1. The van der Waals surface area contributed by atoms with Crippen LogP contribution in [-0.4, -0.2) is 35.5 Å². The Morgan fingerprint density at radius 1 is 1.47 bits per heavy atom. The van der Waals surface area contributed by atoms with Crippen LogP contribution in [-0.2, 0) is 4.79 Å². The van der Waals surface area contributed by atoms with Gasteiger partial charge in [-0.1, -0.05) is 0 Å². The van der Waals surface area contributed by atoms with Crippen molar-refractivity contribution in [2.75, 3.05) is 24.5 Å². The quantitative estimate of drug-likeness (QED) is 0.672. The molecule has 1 aliphatic heterocycles. The van der Waals surface area contributed by atoms with Crippen molar-refractivity contribution in [1.82, 2.24) is 15.3 Å². The van der Waals surface area contributed by atoms with E-state index in [0.717, 1.165) is 0 Å². The van der Waals surface area contributed by atoms with Gasteiger partial charge in [-0.3, -0.25) is 9.59 Å². The molecule has 80 valence electrons. The fourth-order valence-corrected chi connectivity index (χ4v) is 2.05. The predicted octanol–water partition coefficient (Wildman–Crippen LogP) is -0.689. The number of amides is 1. The number of aromatic nitrogens is 2. The fraction of sp³-hybridized carbons (Fsp3) is 0.375. The molecule has 1 aliphatic rings. The maximum Gasteiger partial charge on any atom is 0.266 e. The third kappa shape index (κ3) is 2.11. The van der Waals surface area contributed by atoms with E-state index in [4.69, 9.17) is 0 Å². The summed E-state index contributed by atoms with van der Waals surface area (Å²) in [5.74, 6) is 0.535. The van der Waals surface area contributed by atoms with Gasteiger partial charge in [0.25, 0.3) is 5.56 Å². The smallest absolute Gasteiger partial charge is 0.266 e. The average Bonchev–Trinajstić information content (AvgIpc) is 2.22. The van der Waals surface area contributed by atoms with Crippen molar-refractivity contribution in [3.8, 4) is 0 Å². The summed E-state index contributed by atoms with van der Waals surface area (Å²) >= 11 is 1.93. The van der Waals surface area contributed by atoms with E-state index in [1.807, 2.05) is 22.6 Å². The first-order valence-electron chi connectivity index (χ1n) is 4.43. The van der Waals surface area contributed by atoms with Crippen LogP contribution in [0.15, 0.2) is 11.1 Å². The predicted molar refractivity (Wildman–Crippen MR) is 62.8 cm³/mol. The Labute approximate surface area is 99.2 Å². The van der Waals surface area contributed by atoms with Crippen LogP contribution >= 0.6 is 22.6 Å². The van der Waals surface area contributed by atoms with E-state index in [0.29, 0.717) is 22.5 Å². The van der Waals surface area contributed by atoms with Crippen LogP contribution in [0.5, 0.6) is 0 Å². The second kappa shape index (κ2) is 4.17. The molecule has 2 rings (SSSR count). The highest BCUT2D eigenvalue weighted by Crippen LogP contribution is 2.15. The third-order valence-corrected chi connectivity index (χ3v) is 3.09. The van der Waals surface area contributed by atoms with Gasteiger partial charge >= 0.3 is 0 Å². The zero-order valence-corrected chi connectivity index (χ0v) is 9.95. The molecule has 0 aliphatic carbocycles. The Morgan fingerprint density at radius 2 is 2.27 bits per heavy atom. The lowest BCUT2D eigenvalue weighted by molar-refractivity contribution is -0.120. The van der Waals surface area contributed by atoms with Gasteiger partial charge in [0.1, 0.15) is 9.39 Å². The van der Waals surface area contributed by atoms with Gasteiger partial charge in [-0.25, -0.2) is 4.98 Å². The molecule has 7 heteroatoms. The summed E-state index contributed by atoms with van der Waals surface area (Å²) in [6.45, 7) is 1.52. The monoisotopic (exact) mass is 320 g/mol. The van der Waals surface area contributed by atoms with Gasteiger partial charge in [-0.2, -0.15) is 0 Å². The van der Waals surface area contributed by atoms with Crippen molar-refractivity contribution in [1.29, 1.82) is 0 Å². The first kappa shape index (κ1) is 10.4. The number of nitrogens with one attached hydrogen (secondary N) is 2. The van der Waals surface area contributed by atoms with Gasteiger partial charge in [-0.05, 0) is 22.6 Å². The van der Waals surface area contributed by atoms with Gasteiger partial charge in [0.15, 0.2) is 0 Å². The number of nitrogens with zero attached hydrogens (tertiary/aromatic N) is 2. The van der Waals surface area contributed by atoms with Crippen LogP contribution in [0.25, 0.3) is 0 Å². The number of carbonyl (C=O) groups excluding carboxylic acids is 1. The molecule has 0 atom stereocenters. The molecule has 1 fully saturated rings. The van der Waals surface area contributed by atoms with Gasteiger partial charge in [0.2, 0.25) is 5.91 Å². The molecular formula is C8H9IN4O2. The summed E-state index contributed by atoms with van der Waals surface area (Å²) in [6.07, 6.45) is 1.35. The average molecular weight is 320 g/mol. The Balaban J connectivity index is 2.32. The third-order valence-electron chi connectivity index (χ3n) is 2.12. The van der Waals surface area contributed by atoms with Crippen LogP contribution in [0, 0.1) is 3.57 Å². The molecule has 0 saturated carbocycles. The second-order valence-electron chi connectivity index (χ2n) is 3.14. The topological polar surface area (TPSA) is 78.1 Å². The highest BCUT2D eigenvalue weighted by Gasteiger charge is 2.20. The SMILES string of the molecule is O=C1CN(c2nc[nH]c(=O)c2I)CCN1. The minimum absolute atomic E-state index is 0.0425. The molecule has 0 spiro atoms. The van der Waals surface area contributed by atoms with E-state index < -0.39 is 0 Å². The highest BCUT2D eigenvalue weighted by atomic mass is 127. The number of hydrogen-bond acceptors (Lipinski definition) is 4. The molecule has 6 nitrogen and oxygen atoms in total. The van der Waals surface area contributed by atoms with Crippen molar-refractivity contribution in [2.45, 2.75) is 0 Å². The highest BCUT2D eigenvalue weighted by molar-refractivity contribution is 14.1.